The van der Waals surface area contributed by atoms with Gasteiger partial charge in [0, 0.05) is 19.4 Å². The van der Waals surface area contributed by atoms with Gasteiger partial charge in [-0.25, -0.2) is 0 Å². The molecule has 0 saturated heterocycles. The van der Waals surface area contributed by atoms with Gasteiger partial charge in [-0.05, 0) is 13.3 Å². The molecular formula is C25H49ClN2O2. The highest BCUT2D eigenvalue weighted by Crippen LogP contribution is 2.15. The van der Waals surface area contributed by atoms with Crippen LogP contribution < -0.4 is 0 Å². The first-order valence-electron chi connectivity index (χ1n) is 12.7. The Balaban J connectivity index is 0.00000841. The number of hydrogen-bond acceptors (Lipinski definition) is 4. The van der Waals surface area contributed by atoms with Gasteiger partial charge in [-0.2, -0.15) is 0 Å². The first-order chi connectivity index (χ1) is 14.2. The van der Waals surface area contributed by atoms with Crippen LogP contribution in [0.25, 0.3) is 0 Å². The number of esters is 1. The molecule has 1 atom stereocenters. The Hall–Kier alpha value is -0.770. The molecular weight excluding hydrogens is 396 g/mol. The Morgan fingerprint density at radius 3 is 1.80 bits per heavy atom. The summed E-state index contributed by atoms with van der Waals surface area (Å²) in [4.78, 5) is 18.6. The average molecular weight is 445 g/mol. The van der Waals surface area contributed by atoms with Gasteiger partial charge in [0.25, 0.3) is 0 Å². The Kier molecular flexibility index (Phi) is 19.6. The molecule has 0 saturated carbocycles. The molecule has 0 amide bonds. The molecule has 1 aliphatic heterocycles. The lowest BCUT2D eigenvalue weighted by Gasteiger charge is -2.26. The minimum absolute atomic E-state index is 0. The van der Waals surface area contributed by atoms with Crippen molar-refractivity contribution in [2.75, 3.05) is 13.1 Å². The van der Waals surface area contributed by atoms with E-state index in [4.69, 9.17) is 4.74 Å². The molecule has 5 heteroatoms. The van der Waals surface area contributed by atoms with E-state index in [-0.39, 0.29) is 24.6 Å². The normalized spacial score (nSPS) is 14.4. The van der Waals surface area contributed by atoms with E-state index in [0.29, 0.717) is 6.42 Å². The zero-order chi connectivity index (χ0) is 21.2. The lowest BCUT2D eigenvalue weighted by molar-refractivity contribution is -0.154. The molecule has 178 valence electrons. The molecule has 1 unspecified atom stereocenters. The number of nitrogens with zero attached hydrogens (tertiary/aromatic N) is 2. The van der Waals surface area contributed by atoms with Crippen LogP contribution in [0.5, 0.6) is 0 Å². The highest BCUT2D eigenvalue weighted by atomic mass is 35.5. The number of carbonyl (C=O) groups excluding carboxylic acids is 1. The highest BCUT2D eigenvalue weighted by molar-refractivity contribution is 5.85. The molecule has 0 aromatic carbocycles. The Morgan fingerprint density at radius 1 is 0.867 bits per heavy atom. The van der Waals surface area contributed by atoms with Crippen LogP contribution in [0.15, 0.2) is 4.99 Å². The van der Waals surface area contributed by atoms with Gasteiger partial charge in [-0.15, -0.1) is 12.4 Å². The monoisotopic (exact) mass is 444 g/mol. The number of halogens is 1. The Morgan fingerprint density at radius 2 is 1.33 bits per heavy atom. The summed E-state index contributed by atoms with van der Waals surface area (Å²) >= 11 is 0. The second-order valence-electron chi connectivity index (χ2n) is 8.63. The second kappa shape index (κ2) is 20.2. The van der Waals surface area contributed by atoms with Gasteiger partial charge in [0.2, 0.25) is 0 Å². The van der Waals surface area contributed by atoms with Gasteiger partial charge in [0.05, 0.1) is 6.54 Å². The summed E-state index contributed by atoms with van der Waals surface area (Å²) in [5.74, 6) is 1.01. The van der Waals surface area contributed by atoms with Crippen molar-refractivity contribution in [3.8, 4) is 0 Å². The van der Waals surface area contributed by atoms with E-state index in [9.17, 15) is 4.79 Å². The first-order valence-corrected chi connectivity index (χ1v) is 12.7. The van der Waals surface area contributed by atoms with Crippen LogP contribution >= 0.6 is 12.4 Å². The summed E-state index contributed by atoms with van der Waals surface area (Å²) in [6.07, 6.45) is 21.4. The third-order valence-corrected chi connectivity index (χ3v) is 6.01. The Bertz CT molecular complexity index is 443. The lowest BCUT2D eigenvalue weighted by atomic mass is 10.0. The summed E-state index contributed by atoms with van der Waals surface area (Å²) in [5, 5.41) is 0. The van der Waals surface area contributed by atoms with Crippen LogP contribution in [0.2, 0.25) is 0 Å². The highest BCUT2D eigenvalue weighted by Gasteiger charge is 2.23. The predicted molar refractivity (Wildman–Crippen MR) is 132 cm³/mol. The maximum absolute atomic E-state index is 12.1. The smallest absolute Gasteiger partial charge is 0.307 e. The van der Waals surface area contributed by atoms with Gasteiger partial charge >= 0.3 is 5.97 Å². The molecule has 0 fully saturated rings. The molecule has 0 bridgehead atoms. The molecule has 0 N–H and O–H groups in total. The topological polar surface area (TPSA) is 41.9 Å². The zero-order valence-electron chi connectivity index (χ0n) is 20.1. The van der Waals surface area contributed by atoms with Gasteiger partial charge in [-0.3, -0.25) is 9.79 Å². The molecule has 0 aliphatic carbocycles. The summed E-state index contributed by atoms with van der Waals surface area (Å²) < 4.78 is 5.59. The second-order valence-corrected chi connectivity index (χ2v) is 8.63. The first kappa shape index (κ1) is 29.2. The van der Waals surface area contributed by atoms with Crippen molar-refractivity contribution in [1.82, 2.24) is 4.90 Å². The quantitative estimate of drug-likeness (QED) is 0.151. The zero-order valence-corrected chi connectivity index (χ0v) is 20.9. The number of amidine groups is 1. The van der Waals surface area contributed by atoms with Crippen LogP contribution in [0.3, 0.4) is 0 Å². The van der Waals surface area contributed by atoms with Crippen molar-refractivity contribution in [1.29, 1.82) is 0 Å². The molecule has 0 radical (unpaired) electrons. The van der Waals surface area contributed by atoms with Crippen LogP contribution in [-0.2, 0) is 9.53 Å². The molecule has 1 heterocycles. The maximum atomic E-state index is 12.1. The van der Waals surface area contributed by atoms with Crippen molar-refractivity contribution in [3.05, 3.63) is 0 Å². The molecule has 30 heavy (non-hydrogen) atoms. The van der Waals surface area contributed by atoms with E-state index in [1.54, 1.807) is 0 Å². The van der Waals surface area contributed by atoms with Gasteiger partial charge < -0.3 is 9.64 Å². The number of hydrogen-bond donors (Lipinski definition) is 0. The summed E-state index contributed by atoms with van der Waals surface area (Å²) in [5.41, 5.74) is 0. The number of ether oxygens (including phenoxy) is 1. The summed E-state index contributed by atoms with van der Waals surface area (Å²) in [7, 11) is 0. The third-order valence-electron chi connectivity index (χ3n) is 6.01. The number of carbonyl (C=O) groups is 1. The molecule has 4 nitrogen and oxygen atoms in total. The molecule has 0 spiro atoms. The number of unbranched alkanes of at least 4 members (excludes halogenated alkanes) is 14. The minimum Gasteiger partial charge on any atom is -0.442 e. The summed E-state index contributed by atoms with van der Waals surface area (Å²) in [6, 6.07) is 0. The van der Waals surface area contributed by atoms with Crippen molar-refractivity contribution in [2.45, 2.75) is 136 Å². The largest absolute Gasteiger partial charge is 0.442 e. The third kappa shape index (κ3) is 14.3. The molecule has 0 aromatic rings. The van der Waals surface area contributed by atoms with Crippen molar-refractivity contribution in [2.24, 2.45) is 4.99 Å². The fourth-order valence-electron chi connectivity index (χ4n) is 4.17. The van der Waals surface area contributed by atoms with Gasteiger partial charge in [-0.1, -0.05) is 104 Å². The standard InChI is InChI=1S/C25H48N2O2.ClH/c1-4-6-7-8-9-10-11-12-13-14-15-16-17-18-19-20-25(28)29-23(3)27-22-21-26-24(27)5-2;/h23H,4-22H2,1-3H3;1H. The van der Waals surface area contributed by atoms with Gasteiger partial charge in [0.1, 0.15) is 5.84 Å². The van der Waals surface area contributed by atoms with Gasteiger partial charge in [0.15, 0.2) is 6.23 Å². The fourth-order valence-corrected chi connectivity index (χ4v) is 4.17. The summed E-state index contributed by atoms with van der Waals surface area (Å²) in [6.45, 7) is 8.03. The minimum atomic E-state index is -0.181. The van der Waals surface area contributed by atoms with Crippen LogP contribution in [0.4, 0.5) is 0 Å². The Labute approximate surface area is 193 Å². The van der Waals surface area contributed by atoms with E-state index >= 15 is 0 Å². The fraction of sp³-hybridized carbons (Fsp3) is 0.920. The molecule has 0 aromatic heterocycles. The van der Waals surface area contributed by atoms with Crippen LogP contribution in [-0.4, -0.2) is 36.0 Å². The van der Waals surface area contributed by atoms with Crippen molar-refractivity contribution >= 4 is 24.2 Å². The van der Waals surface area contributed by atoms with Crippen LogP contribution in [0, 0.1) is 0 Å². The molecule has 1 aliphatic rings. The van der Waals surface area contributed by atoms with Crippen LogP contribution in [0.1, 0.15) is 130 Å². The SMILES string of the molecule is CCCCCCCCCCCCCCCCCC(=O)OC(C)N1CCN=C1CC.Cl. The van der Waals surface area contributed by atoms with E-state index in [1.165, 1.54) is 83.5 Å². The van der Waals surface area contributed by atoms with E-state index in [2.05, 4.69) is 23.7 Å². The van der Waals surface area contributed by atoms with Crippen molar-refractivity contribution < 1.29 is 9.53 Å². The maximum Gasteiger partial charge on any atom is 0.307 e. The molecule has 1 rings (SSSR count). The van der Waals surface area contributed by atoms with Crippen molar-refractivity contribution in [3.63, 3.8) is 0 Å². The van der Waals surface area contributed by atoms with E-state index in [0.717, 1.165) is 38.2 Å². The number of rotatable bonds is 19. The predicted octanol–water partition coefficient (Wildman–Crippen LogP) is 7.68. The number of aliphatic imine (C=N–C) groups is 1. The van der Waals surface area contributed by atoms with E-state index < -0.39 is 0 Å². The van der Waals surface area contributed by atoms with E-state index in [1.807, 2.05) is 6.92 Å². The lowest BCUT2D eigenvalue weighted by Crippen LogP contribution is -2.38. The average Bonchev–Trinajstić information content (AvgIpc) is 3.20.